The molecule has 2 atom stereocenters. The van der Waals surface area contributed by atoms with E-state index in [4.69, 9.17) is 11.6 Å². The Morgan fingerprint density at radius 3 is 2.54 bits per heavy atom. The van der Waals surface area contributed by atoms with E-state index in [1.807, 2.05) is 0 Å². The Kier molecular flexibility index (Phi) is 7.57. The summed E-state index contributed by atoms with van der Waals surface area (Å²) < 4.78 is 65.2. The minimum absolute atomic E-state index is 0.182. The first-order valence-electron chi connectivity index (χ1n) is 11.6. The summed E-state index contributed by atoms with van der Waals surface area (Å²) in [5.41, 5.74) is 0.147. The number of fused-ring (bicyclic) bond motifs is 1. The molecule has 7 nitrogen and oxygen atoms in total. The number of sulfonamides is 1. The highest BCUT2D eigenvalue weighted by Gasteiger charge is 2.34. The number of nitrogens with one attached hydrogen (secondary N) is 2. The zero-order valence-electron chi connectivity index (χ0n) is 20.1. The number of nitrogens with zero attached hydrogens (tertiary/aromatic N) is 2. The van der Waals surface area contributed by atoms with Crippen LogP contribution in [0.15, 0.2) is 48.5 Å². The molecule has 12 heteroatoms. The molecule has 1 aliphatic rings. The summed E-state index contributed by atoms with van der Waals surface area (Å²) in [5.74, 6) is -0.352. The summed E-state index contributed by atoms with van der Waals surface area (Å²) >= 11 is 6.10. The smallest absolute Gasteiger partial charge is 0.382 e. The van der Waals surface area contributed by atoms with Gasteiger partial charge in [-0.25, -0.2) is 13.4 Å². The van der Waals surface area contributed by atoms with E-state index in [1.165, 1.54) is 25.2 Å². The third-order valence-electron chi connectivity index (χ3n) is 6.40. The Hall–Kier alpha value is -3.05. The second-order valence-electron chi connectivity index (χ2n) is 9.17. The van der Waals surface area contributed by atoms with Crippen molar-refractivity contribution in [3.63, 3.8) is 0 Å². The fourth-order valence-electron chi connectivity index (χ4n) is 4.44. The molecule has 37 heavy (non-hydrogen) atoms. The predicted molar refractivity (Wildman–Crippen MR) is 139 cm³/mol. The number of pyridine rings is 1. The van der Waals surface area contributed by atoms with E-state index in [9.17, 15) is 26.4 Å². The van der Waals surface area contributed by atoms with Crippen molar-refractivity contribution in [2.24, 2.45) is 0 Å². The normalized spacial score (nSPS) is 18.4. The van der Waals surface area contributed by atoms with Crippen molar-refractivity contribution >= 4 is 49.8 Å². The zero-order chi connectivity index (χ0) is 27.0. The minimum Gasteiger partial charge on any atom is -0.382 e. The highest BCUT2D eigenvalue weighted by atomic mass is 35.5. The molecular formula is C25H26ClF3N4O3S. The van der Waals surface area contributed by atoms with E-state index in [1.54, 1.807) is 24.3 Å². The van der Waals surface area contributed by atoms with Gasteiger partial charge in [-0.1, -0.05) is 17.7 Å². The molecule has 1 aromatic heterocycles. The Labute approximate surface area is 218 Å². The number of hydrogen-bond donors (Lipinski definition) is 2. The molecule has 0 aliphatic heterocycles. The van der Waals surface area contributed by atoms with Gasteiger partial charge in [-0.05, 0) is 68.1 Å². The maximum absolute atomic E-state index is 13.5. The summed E-state index contributed by atoms with van der Waals surface area (Å²) in [4.78, 5) is 16.7. The lowest BCUT2D eigenvalue weighted by Gasteiger charge is -2.31. The van der Waals surface area contributed by atoms with Crippen LogP contribution in [0.3, 0.4) is 0 Å². The molecule has 3 aromatic rings. The fourth-order valence-corrected chi connectivity index (χ4v) is 5.11. The molecule has 0 unspecified atom stereocenters. The second-order valence-corrected chi connectivity index (χ2v) is 11.6. The van der Waals surface area contributed by atoms with E-state index in [-0.39, 0.29) is 29.2 Å². The first-order chi connectivity index (χ1) is 17.3. The second kappa shape index (κ2) is 10.4. The molecule has 1 heterocycles. The third-order valence-corrected chi connectivity index (χ3v) is 7.84. The highest BCUT2D eigenvalue weighted by Crippen LogP contribution is 2.35. The summed E-state index contributed by atoms with van der Waals surface area (Å²) in [5, 5.41) is 7.07. The average molecular weight is 555 g/mol. The van der Waals surface area contributed by atoms with Crippen molar-refractivity contribution in [2.45, 2.75) is 43.9 Å². The van der Waals surface area contributed by atoms with Crippen molar-refractivity contribution in [3.05, 3.63) is 64.8 Å². The van der Waals surface area contributed by atoms with E-state index in [0.717, 1.165) is 23.0 Å². The molecule has 2 aromatic carbocycles. The summed E-state index contributed by atoms with van der Waals surface area (Å²) in [6.45, 7) is 0. The maximum Gasteiger partial charge on any atom is 0.433 e. The molecule has 198 valence electrons. The van der Waals surface area contributed by atoms with E-state index in [2.05, 4.69) is 15.6 Å². The van der Waals surface area contributed by atoms with Crippen LogP contribution < -0.4 is 14.9 Å². The molecule has 2 N–H and O–H groups in total. The topological polar surface area (TPSA) is 91.4 Å². The summed E-state index contributed by atoms with van der Waals surface area (Å²) in [7, 11) is -2.08. The third kappa shape index (κ3) is 6.45. The molecular weight excluding hydrogens is 529 g/mol. The Bertz CT molecular complexity index is 1430. The molecule has 1 fully saturated rings. The van der Waals surface area contributed by atoms with Gasteiger partial charge in [0, 0.05) is 40.8 Å². The van der Waals surface area contributed by atoms with Gasteiger partial charge in [0.2, 0.25) is 10.0 Å². The number of halogens is 4. The van der Waals surface area contributed by atoms with Gasteiger partial charge >= 0.3 is 6.18 Å². The fraction of sp³-hybridized carbons (Fsp3) is 0.360. The molecule has 0 radical (unpaired) electrons. The van der Waals surface area contributed by atoms with Gasteiger partial charge in [-0.15, -0.1) is 0 Å². The first kappa shape index (κ1) is 27.0. The minimum atomic E-state index is -4.60. The molecule has 0 spiro atoms. The number of rotatable bonds is 6. The number of aromatic nitrogens is 1. The van der Waals surface area contributed by atoms with E-state index >= 15 is 0 Å². The standard InChI is InChI=1S/C25H26ClF3N4O3S/c1-33(37(2,35)36)19-8-3-5-15(11-19)24(34)31-18-7-4-6-17(13-18)30-22-14-23(25(27,28)29)32-21-10-9-16(26)12-20(21)22/h3,5,8-12,14,17-18H,4,6-7,13H2,1-2H3,(H,30,32)(H,31,34)/t17-,18+/m0/s1. The molecule has 0 saturated heterocycles. The van der Waals surface area contributed by atoms with Crippen LogP contribution in [0.2, 0.25) is 5.02 Å². The van der Waals surface area contributed by atoms with Gasteiger partial charge < -0.3 is 10.6 Å². The van der Waals surface area contributed by atoms with Crippen molar-refractivity contribution < 1.29 is 26.4 Å². The van der Waals surface area contributed by atoms with Gasteiger partial charge in [0.1, 0.15) is 5.69 Å². The Morgan fingerprint density at radius 2 is 1.84 bits per heavy atom. The number of carbonyl (C=O) groups excluding carboxylic acids is 1. The number of amides is 1. The van der Waals surface area contributed by atoms with Crippen LogP contribution in [0.1, 0.15) is 41.7 Å². The van der Waals surface area contributed by atoms with Crippen LogP contribution in [0.25, 0.3) is 10.9 Å². The number of carbonyl (C=O) groups is 1. The van der Waals surface area contributed by atoms with E-state index in [0.29, 0.717) is 40.9 Å². The summed E-state index contributed by atoms with van der Waals surface area (Å²) in [6.07, 6.45) is -0.842. The van der Waals surface area contributed by atoms with Gasteiger partial charge in [-0.3, -0.25) is 9.10 Å². The predicted octanol–water partition coefficient (Wildman–Crippen LogP) is 5.46. The number of benzene rings is 2. The van der Waals surface area contributed by atoms with Gasteiger partial charge in [0.05, 0.1) is 17.5 Å². The Balaban J connectivity index is 1.50. The average Bonchev–Trinajstić information content (AvgIpc) is 2.83. The van der Waals surface area contributed by atoms with Crippen LogP contribution in [0.4, 0.5) is 24.5 Å². The molecule has 1 amide bonds. The van der Waals surface area contributed by atoms with Crippen LogP contribution in [0, 0.1) is 0 Å². The Morgan fingerprint density at radius 1 is 1.11 bits per heavy atom. The van der Waals surface area contributed by atoms with Crippen molar-refractivity contribution in [1.82, 2.24) is 10.3 Å². The zero-order valence-corrected chi connectivity index (χ0v) is 21.7. The van der Waals surface area contributed by atoms with Crippen molar-refractivity contribution in [3.8, 4) is 0 Å². The van der Waals surface area contributed by atoms with Crippen molar-refractivity contribution in [2.75, 3.05) is 22.9 Å². The quantitative estimate of drug-likeness (QED) is 0.422. The monoisotopic (exact) mass is 554 g/mol. The molecule has 1 saturated carbocycles. The molecule has 4 rings (SSSR count). The highest BCUT2D eigenvalue weighted by molar-refractivity contribution is 7.92. The lowest BCUT2D eigenvalue weighted by atomic mass is 9.90. The first-order valence-corrected chi connectivity index (χ1v) is 13.8. The molecule has 0 bridgehead atoms. The van der Waals surface area contributed by atoms with Crippen LogP contribution in [0.5, 0.6) is 0 Å². The van der Waals surface area contributed by atoms with Crippen LogP contribution >= 0.6 is 11.6 Å². The van der Waals surface area contributed by atoms with Crippen molar-refractivity contribution in [1.29, 1.82) is 0 Å². The lowest BCUT2D eigenvalue weighted by molar-refractivity contribution is -0.140. The van der Waals surface area contributed by atoms with Crippen LogP contribution in [-0.4, -0.2) is 44.7 Å². The van der Waals surface area contributed by atoms with Gasteiger partial charge in [0.15, 0.2) is 0 Å². The largest absolute Gasteiger partial charge is 0.433 e. The van der Waals surface area contributed by atoms with E-state index < -0.39 is 21.9 Å². The van der Waals surface area contributed by atoms with Gasteiger partial charge in [-0.2, -0.15) is 13.2 Å². The number of hydrogen-bond acceptors (Lipinski definition) is 5. The van der Waals surface area contributed by atoms with Gasteiger partial charge in [0.25, 0.3) is 5.91 Å². The number of alkyl halides is 3. The SMILES string of the molecule is CN(c1cccc(C(=O)N[C@@H]2CCC[C@H](Nc3cc(C(F)(F)F)nc4ccc(Cl)cc34)C2)c1)S(C)(=O)=O. The molecule has 1 aliphatic carbocycles. The lowest BCUT2D eigenvalue weighted by Crippen LogP contribution is -2.42. The number of anilines is 2. The summed E-state index contributed by atoms with van der Waals surface area (Å²) in [6, 6.07) is 11.4. The maximum atomic E-state index is 13.5. The van der Waals surface area contributed by atoms with Crippen LogP contribution in [-0.2, 0) is 16.2 Å².